The number of thioether (sulfide) groups is 1. The van der Waals surface area contributed by atoms with E-state index in [-0.39, 0.29) is 0 Å². The Morgan fingerprint density at radius 2 is 2.21 bits per heavy atom. The molecule has 1 aromatic carbocycles. The Hall–Kier alpha value is -1.89. The number of allylic oxidation sites excluding steroid dienone is 1. The minimum Gasteiger partial charge on any atom is -0.366 e. The molecule has 2 N–H and O–H groups in total. The molecule has 1 atom stereocenters. The van der Waals surface area contributed by atoms with Crippen LogP contribution in [-0.2, 0) is 12.3 Å². The second kappa shape index (κ2) is 6.93. The van der Waals surface area contributed by atoms with Gasteiger partial charge in [0.05, 0.1) is 23.7 Å². The van der Waals surface area contributed by atoms with Gasteiger partial charge in [0.1, 0.15) is 10.1 Å². The summed E-state index contributed by atoms with van der Waals surface area (Å²) in [7, 11) is 0. The van der Waals surface area contributed by atoms with Gasteiger partial charge in [0.15, 0.2) is 5.72 Å². The largest absolute Gasteiger partial charge is 0.366 e. The first-order valence-corrected chi connectivity index (χ1v) is 9.04. The van der Waals surface area contributed by atoms with Crippen molar-refractivity contribution in [1.29, 1.82) is 0 Å². The molecule has 6 heteroatoms. The fourth-order valence-corrected chi connectivity index (χ4v) is 4.15. The van der Waals surface area contributed by atoms with Crippen molar-refractivity contribution in [2.75, 3.05) is 5.75 Å². The summed E-state index contributed by atoms with van der Waals surface area (Å²) in [5, 5.41) is 11.2. The van der Waals surface area contributed by atoms with E-state index >= 15 is 0 Å². The van der Waals surface area contributed by atoms with Crippen molar-refractivity contribution in [2.45, 2.75) is 19.2 Å². The van der Waals surface area contributed by atoms with Crippen LogP contribution in [0.25, 0.3) is 12.2 Å². The van der Waals surface area contributed by atoms with Crippen molar-refractivity contribution in [3.8, 4) is 0 Å². The molecule has 2 heterocycles. The number of aromatic amines is 1. The molecule has 1 fully saturated rings. The Balaban J connectivity index is 1.93. The number of H-pyrrole nitrogens is 1. The Labute approximate surface area is 151 Å². The molecule has 1 saturated heterocycles. The molecule has 0 amide bonds. The number of imidazole rings is 1. The summed E-state index contributed by atoms with van der Waals surface area (Å²) in [5.41, 5.74) is 1.42. The Kier molecular flexibility index (Phi) is 4.89. The van der Waals surface area contributed by atoms with Crippen LogP contribution < -0.4 is 0 Å². The molecule has 1 aromatic heterocycles. The van der Waals surface area contributed by atoms with E-state index in [0.717, 1.165) is 22.8 Å². The first-order valence-electron chi connectivity index (χ1n) is 7.65. The van der Waals surface area contributed by atoms with Crippen molar-refractivity contribution < 1.29 is 5.11 Å². The van der Waals surface area contributed by atoms with Gasteiger partial charge in [-0.3, -0.25) is 0 Å². The summed E-state index contributed by atoms with van der Waals surface area (Å²) in [4.78, 5) is 9.66. The van der Waals surface area contributed by atoms with E-state index in [1.807, 2.05) is 54.3 Å². The number of benzene rings is 1. The lowest BCUT2D eigenvalue weighted by atomic mass is 10.0. The molecule has 1 aliphatic heterocycles. The molecule has 0 bridgehead atoms. The van der Waals surface area contributed by atoms with Gasteiger partial charge in [-0.2, -0.15) is 0 Å². The molecule has 1 aliphatic rings. The van der Waals surface area contributed by atoms with Gasteiger partial charge < -0.3 is 15.0 Å². The molecule has 0 radical (unpaired) electrons. The van der Waals surface area contributed by atoms with Crippen LogP contribution >= 0.6 is 24.0 Å². The zero-order chi connectivity index (χ0) is 17.2. The van der Waals surface area contributed by atoms with Crippen LogP contribution in [0.15, 0.2) is 43.0 Å². The molecular formula is C18H19N3OS2. The summed E-state index contributed by atoms with van der Waals surface area (Å²) in [6, 6.07) is 9.62. The molecule has 24 heavy (non-hydrogen) atoms. The van der Waals surface area contributed by atoms with Crippen LogP contribution in [0.2, 0.25) is 0 Å². The van der Waals surface area contributed by atoms with E-state index in [2.05, 4.69) is 16.5 Å². The highest BCUT2D eigenvalue weighted by Crippen LogP contribution is 2.39. The van der Waals surface area contributed by atoms with Crippen LogP contribution in [0, 0.1) is 0 Å². The highest BCUT2D eigenvalue weighted by molar-refractivity contribution is 8.23. The van der Waals surface area contributed by atoms with E-state index < -0.39 is 5.72 Å². The van der Waals surface area contributed by atoms with Crippen molar-refractivity contribution >= 4 is 40.5 Å². The maximum atomic E-state index is 11.2. The summed E-state index contributed by atoms with van der Waals surface area (Å²) in [6.45, 7) is 6.17. The number of aliphatic hydroxyl groups is 1. The Morgan fingerprint density at radius 1 is 1.46 bits per heavy atom. The minimum absolute atomic E-state index is 0.412. The van der Waals surface area contributed by atoms with Crippen LogP contribution in [0.1, 0.15) is 29.7 Å². The third-order valence-corrected chi connectivity index (χ3v) is 5.53. The number of rotatable bonds is 5. The summed E-state index contributed by atoms with van der Waals surface area (Å²) in [6.07, 6.45) is 5.62. The summed E-state index contributed by atoms with van der Waals surface area (Å²) >= 11 is 6.95. The Bertz CT molecular complexity index is 785. The number of hydrogen-bond acceptors (Lipinski definition) is 4. The van der Waals surface area contributed by atoms with Gasteiger partial charge in [-0.1, -0.05) is 67.0 Å². The topological polar surface area (TPSA) is 52.1 Å². The molecule has 3 rings (SSSR count). The smallest absolute Gasteiger partial charge is 0.175 e. The molecular weight excluding hydrogens is 338 g/mol. The fourth-order valence-electron chi connectivity index (χ4n) is 2.74. The zero-order valence-electron chi connectivity index (χ0n) is 13.4. The number of nitrogens with zero attached hydrogens (tertiary/aromatic N) is 2. The van der Waals surface area contributed by atoms with Crippen LogP contribution in [0.4, 0.5) is 0 Å². The number of nitrogens with one attached hydrogen (secondary N) is 1. The molecule has 0 aliphatic carbocycles. The van der Waals surface area contributed by atoms with E-state index in [4.69, 9.17) is 12.2 Å². The lowest BCUT2D eigenvalue weighted by Crippen LogP contribution is -2.44. The zero-order valence-corrected chi connectivity index (χ0v) is 15.0. The van der Waals surface area contributed by atoms with E-state index in [9.17, 15) is 5.11 Å². The summed E-state index contributed by atoms with van der Waals surface area (Å²) in [5.74, 6) is 1.25. The van der Waals surface area contributed by atoms with Crippen molar-refractivity contribution in [1.82, 2.24) is 14.9 Å². The molecule has 124 valence electrons. The van der Waals surface area contributed by atoms with Gasteiger partial charge in [-0.15, -0.1) is 0 Å². The first-order chi connectivity index (χ1) is 11.6. The number of aromatic nitrogens is 2. The SMILES string of the molecule is C=Cc1nc(CN2C(=S)SCC2(O)c2ccccc2)[nH]c1/C=C\C. The summed E-state index contributed by atoms with van der Waals surface area (Å²) < 4.78 is 0.672. The van der Waals surface area contributed by atoms with Crippen molar-refractivity contribution in [3.05, 3.63) is 65.8 Å². The second-order valence-corrected chi connectivity index (χ2v) is 7.12. The number of thiocarbonyl (C=S) groups is 1. The monoisotopic (exact) mass is 357 g/mol. The lowest BCUT2D eigenvalue weighted by Gasteiger charge is -2.33. The van der Waals surface area contributed by atoms with Crippen LogP contribution in [0.5, 0.6) is 0 Å². The van der Waals surface area contributed by atoms with Gasteiger partial charge in [0.25, 0.3) is 0 Å². The van der Waals surface area contributed by atoms with E-state index in [1.165, 1.54) is 11.8 Å². The van der Waals surface area contributed by atoms with Crippen LogP contribution in [-0.4, -0.2) is 30.0 Å². The standard InChI is InChI=1S/C18H19N3OS2/c1-3-8-15-14(4-2)19-16(20-15)11-21-17(23)24-12-18(21,22)13-9-6-5-7-10-13/h3-10,22H,2,11-12H2,1H3,(H,19,20)/b8-3-. The lowest BCUT2D eigenvalue weighted by molar-refractivity contribution is -0.0518. The first kappa shape index (κ1) is 17.0. The third-order valence-electron chi connectivity index (χ3n) is 3.94. The van der Waals surface area contributed by atoms with Gasteiger partial charge in [0.2, 0.25) is 0 Å². The van der Waals surface area contributed by atoms with Gasteiger partial charge >= 0.3 is 0 Å². The van der Waals surface area contributed by atoms with E-state index in [1.54, 1.807) is 6.08 Å². The van der Waals surface area contributed by atoms with Gasteiger partial charge in [-0.25, -0.2) is 4.98 Å². The molecule has 0 saturated carbocycles. The molecule has 0 spiro atoms. The predicted octanol–water partition coefficient (Wildman–Crippen LogP) is 3.76. The van der Waals surface area contributed by atoms with Crippen molar-refractivity contribution in [3.63, 3.8) is 0 Å². The second-order valence-electron chi connectivity index (χ2n) is 5.51. The normalized spacial score (nSPS) is 20.9. The molecule has 4 nitrogen and oxygen atoms in total. The average Bonchev–Trinajstić information content (AvgIpc) is 3.12. The van der Waals surface area contributed by atoms with Gasteiger partial charge in [-0.05, 0) is 19.1 Å². The Morgan fingerprint density at radius 3 is 2.88 bits per heavy atom. The quantitative estimate of drug-likeness (QED) is 0.798. The number of hydrogen-bond donors (Lipinski definition) is 2. The minimum atomic E-state index is -1.12. The fraction of sp³-hybridized carbons (Fsp3) is 0.222. The highest BCUT2D eigenvalue weighted by atomic mass is 32.2. The van der Waals surface area contributed by atoms with Gasteiger partial charge in [0, 0.05) is 5.56 Å². The molecule has 1 unspecified atom stereocenters. The average molecular weight is 358 g/mol. The van der Waals surface area contributed by atoms with Crippen LogP contribution in [0.3, 0.4) is 0 Å². The maximum Gasteiger partial charge on any atom is 0.175 e. The maximum absolute atomic E-state index is 11.2. The molecule has 2 aromatic rings. The third kappa shape index (κ3) is 3.05. The van der Waals surface area contributed by atoms with Crippen molar-refractivity contribution in [2.24, 2.45) is 0 Å². The highest BCUT2D eigenvalue weighted by Gasteiger charge is 2.44. The van der Waals surface area contributed by atoms with E-state index in [0.29, 0.717) is 16.6 Å². The predicted molar refractivity (Wildman–Crippen MR) is 104 cm³/mol.